The molecule has 2 aliphatic heterocycles. The number of imidazole rings is 2. The Labute approximate surface area is 251 Å². The highest BCUT2D eigenvalue weighted by Crippen LogP contribution is 2.50. The molecule has 0 saturated carbocycles. The molecular weight excluding hydrogens is 646 g/mol. The number of aromatic amines is 1. The van der Waals surface area contributed by atoms with E-state index >= 15 is 0 Å². The number of nitrogens with zero attached hydrogens (tertiary/aromatic N) is 6. The molecule has 0 aromatic carbocycles. The van der Waals surface area contributed by atoms with Crippen LogP contribution in [0, 0.1) is 0 Å². The first-order chi connectivity index (χ1) is 21.5. The Hall–Kier alpha value is -3.30. The number of phosphoric ester groups is 1. The number of ether oxygens (including phenoxy) is 2. The largest absolute Gasteiger partial charge is 0.695 e. The van der Waals surface area contributed by atoms with Crippen LogP contribution >= 0.6 is 16.1 Å². The van der Waals surface area contributed by atoms with Gasteiger partial charge in [0.2, 0.25) is 0 Å². The normalized spacial score (nSPS) is 30.3. The Morgan fingerprint density at radius 3 is 2.53 bits per heavy atom. The van der Waals surface area contributed by atoms with Gasteiger partial charge < -0.3 is 45.0 Å². The summed E-state index contributed by atoms with van der Waals surface area (Å²) >= 11 is 0. The van der Waals surface area contributed by atoms with Crippen molar-refractivity contribution in [1.82, 2.24) is 34.1 Å². The summed E-state index contributed by atoms with van der Waals surface area (Å²) in [6, 6.07) is 1.49. The number of H-pyrrole nitrogens is 1. The molecule has 4 aromatic rings. The number of nitrogens with two attached hydrogens (primary N) is 1. The molecule has 0 bridgehead atoms. The number of rotatable bonds is 11. The highest BCUT2D eigenvalue weighted by Gasteiger charge is 2.51. The van der Waals surface area contributed by atoms with Crippen molar-refractivity contribution in [3.05, 3.63) is 41.6 Å². The van der Waals surface area contributed by atoms with E-state index in [9.17, 15) is 39.0 Å². The number of nitrogens with one attached hydrogen (secondary N) is 1. The van der Waals surface area contributed by atoms with Crippen LogP contribution in [0.1, 0.15) is 18.9 Å². The molecule has 2 fully saturated rings. The summed E-state index contributed by atoms with van der Waals surface area (Å²) in [6.07, 6.45) is -6.19. The van der Waals surface area contributed by atoms with Crippen molar-refractivity contribution in [2.24, 2.45) is 0 Å². The summed E-state index contributed by atoms with van der Waals surface area (Å²) in [6.45, 7) is -1.22. The number of phosphoric acid groups is 1. The highest BCUT2D eigenvalue weighted by molar-refractivity contribution is 7.47. The van der Waals surface area contributed by atoms with E-state index in [0.29, 0.717) is 0 Å². The Balaban J connectivity index is 1.16. The van der Waals surface area contributed by atoms with Crippen molar-refractivity contribution in [3.63, 3.8) is 0 Å². The van der Waals surface area contributed by atoms with Gasteiger partial charge in [0, 0.05) is 17.2 Å². The number of fused-ring (bicyclic) bond motifs is 2. The quantitative estimate of drug-likeness (QED) is 0.0899. The molecule has 45 heavy (non-hydrogen) atoms. The van der Waals surface area contributed by atoms with Gasteiger partial charge in [-0.05, 0) is 6.07 Å². The number of aliphatic hydroxyl groups excluding tert-OH is 3. The lowest BCUT2D eigenvalue weighted by molar-refractivity contribution is -0.0526. The zero-order chi connectivity index (χ0) is 32.0. The molecule has 21 nitrogen and oxygen atoms in total. The molecule has 242 valence electrons. The summed E-state index contributed by atoms with van der Waals surface area (Å²) in [5, 5.41) is 31.3. The van der Waals surface area contributed by atoms with Crippen LogP contribution in [-0.2, 0) is 32.2 Å². The second-order valence-electron chi connectivity index (χ2n) is 10.0. The summed E-state index contributed by atoms with van der Waals surface area (Å²) in [7, 11) is -8.18. The lowest BCUT2D eigenvalue weighted by atomic mass is 10.1. The van der Waals surface area contributed by atoms with Gasteiger partial charge in [-0.2, -0.15) is 0 Å². The van der Waals surface area contributed by atoms with Crippen molar-refractivity contribution in [2.45, 2.75) is 55.5 Å². The lowest BCUT2D eigenvalue weighted by Crippen LogP contribution is -2.35. The average Bonchev–Trinajstić information content (AvgIpc) is 3.75. The third-order valence-corrected chi connectivity index (χ3v) is 8.81. The summed E-state index contributed by atoms with van der Waals surface area (Å²) < 4.78 is 54.1. The maximum atomic E-state index is 13.0. The smallest absolute Gasteiger partial charge is 0.394 e. The van der Waals surface area contributed by atoms with Crippen LogP contribution in [0.4, 0.5) is 5.82 Å². The van der Waals surface area contributed by atoms with Gasteiger partial charge in [0.15, 0.2) is 35.5 Å². The van der Waals surface area contributed by atoms with Crippen LogP contribution in [0.2, 0.25) is 0 Å². The topological polar surface area (TPSA) is 302 Å². The monoisotopic (exact) mass is 673 g/mol. The number of nitrogen functional groups attached to an aromatic ring is 1. The fourth-order valence-electron chi connectivity index (χ4n) is 5.33. The van der Waals surface area contributed by atoms with Crippen LogP contribution in [0.15, 0.2) is 36.0 Å². The number of pyridine rings is 1. The summed E-state index contributed by atoms with van der Waals surface area (Å²) in [5.74, 6) is 0.0707. The average molecular weight is 673 g/mol. The van der Waals surface area contributed by atoms with E-state index in [-0.39, 0.29) is 34.4 Å². The van der Waals surface area contributed by atoms with Crippen molar-refractivity contribution >= 4 is 44.1 Å². The standard InChI is InChI=1S/C22H26N8O13P2/c23-18-13-19(26-6-25-18)30(8-28-13)21-15(33)16(42-44(35)36)10(40-21)2-4-39-45(37,38)43-17-14(32)11(5-31)41-22(17)29-7-27-12-9(29)1-3-24-20(12)34/h1,3,6-8,10-11,14-17,21-22,31-33H,2,4-5H2,(H4-,23,24,25,26,34,35,36,37,38)/p+1/t10-,11-,14-,15-,16-,17-,21-,22-/m1/s1. The summed E-state index contributed by atoms with van der Waals surface area (Å²) in [5.41, 5.74) is 6.02. The Kier molecular flexibility index (Phi) is 8.78. The second kappa shape index (κ2) is 12.5. The Morgan fingerprint density at radius 1 is 1.04 bits per heavy atom. The number of anilines is 1. The molecule has 2 unspecified atom stereocenters. The van der Waals surface area contributed by atoms with Crippen molar-refractivity contribution in [2.75, 3.05) is 18.9 Å². The molecule has 23 heteroatoms. The lowest BCUT2D eigenvalue weighted by Gasteiger charge is -2.24. The first kappa shape index (κ1) is 31.7. The zero-order valence-electron chi connectivity index (χ0n) is 22.8. The molecule has 2 aliphatic rings. The second-order valence-corrected chi connectivity index (χ2v) is 12.1. The molecule has 6 rings (SSSR count). The summed E-state index contributed by atoms with van der Waals surface area (Å²) in [4.78, 5) is 50.6. The molecule has 10 atom stereocenters. The van der Waals surface area contributed by atoms with Crippen LogP contribution in [0.3, 0.4) is 0 Å². The molecule has 8 N–H and O–H groups in total. The van der Waals surface area contributed by atoms with Crippen LogP contribution in [0.25, 0.3) is 22.2 Å². The van der Waals surface area contributed by atoms with Gasteiger partial charge in [0.05, 0.1) is 37.5 Å². The predicted octanol–water partition coefficient (Wildman–Crippen LogP) is -1.42. The molecule has 0 radical (unpaired) electrons. The van der Waals surface area contributed by atoms with Gasteiger partial charge in [-0.25, -0.2) is 24.5 Å². The van der Waals surface area contributed by atoms with Crippen molar-refractivity contribution in [3.8, 4) is 0 Å². The molecule has 4 aromatic heterocycles. The van der Waals surface area contributed by atoms with Crippen molar-refractivity contribution < 1.29 is 57.3 Å². The minimum Gasteiger partial charge on any atom is -0.394 e. The highest BCUT2D eigenvalue weighted by atomic mass is 31.2. The van der Waals surface area contributed by atoms with E-state index in [4.69, 9.17) is 28.8 Å². The van der Waals surface area contributed by atoms with E-state index in [2.05, 4.69) is 24.9 Å². The van der Waals surface area contributed by atoms with Crippen LogP contribution in [0.5, 0.6) is 0 Å². The van der Waals surface area contributed by atoms with E-state index < -0.39 is 83.9 Å². The minimum atomic E-state index is -4.98. The van der Waals surface area contributed by atoms with E-state index in [0.717, 1.165) is 0 Å². The maximum Gasteiger partial charge on any atom is 0.695 e. The molecule has 0 aliphatic carbocycles. The van der Waals surface area contributed by atoms with Gasteiger partial charge in [0.25, 0.3) is 5.56 Å². The first-order valence-corrected chi connectivity index (χ1v) is 15.9. The Morgan fingerprint density at radius 2 is 1.78 bits per heavy atom. The number of aromatic nitrogens is 7. The number of hydrogen-bond acceptors (Lipinski definition) is 16. The van der Waals surface area contributed by atoms with E-state index in [1.165, 1.54) is 40.4 Å². The zero-order valence-corrected chi connectivity index (χ0v) is 24.6. The number of hydrogen-bond donors (Lipinski definition) is 7. The molecule has 0 amide bonds. The molecule has 6 heterocycles. The van der Waals surface area contributed by atoms with Crippen molar-refractivity contribution in [1.29, 1.82) is 0 Å². The molecule has 2 saturated heterocycles. The van der Waals surface area contributed by atoms with E-state index in [1.54, 1.807) is 0 Å². The Bertz CT molecular complexity index is 1820. The minimum absolute atomic E-state index is 0.0308. The fourth-order valence-corrected chi connectivity index (χ4v) is 6.73. The fraction of sp³-hybridized carbons (Fsp3) is 0.500. The van der Waals surface area contributed by atoms with Gasteiger partial charge in [-0.1, -0.05) is 0 Å². The van der Waals surface area contributed by atoms with Gasteiger partial charge in [0.1, 0.15) is 36.3 Å². The SMILES string of the molecule is Nc1ncnc2c1ncn2[C@@H]1O[C@H](CCOP(=O)(O)O[C@@H]2[C@H](O)[C@@H](CO)O[C@H]2n2cnc3c(=O)[nH]ccc32)[C@@H](O[P+](=O)O)[C@H]1O. The molecule has 0 spiro atoms. The van der Waals surface area contributed by atoms with Crippen LogP contribution < -0.4 is 11.3 Å². The predicted molar refractivity (Wildman–Crippen MR) is 147 cm³/mol. The van der Waals surface area contributed by atoms with Gasteiger partial charge >= 0.3 is 16.1 Å². The van der Waals surface area contributed by atoms with Gasteiger partial charge in [-0.3, -0.25) is 18.4 Å². The van der Waals surface area contributed by atoms with Gasteiger partial charge in [-0.15, -0.1) is 9.42 Å². The van der Waals surface area contributed by atoms with Crippen LogP contribution in [-0.4, -0.2) is 109 Å². The third-order valence-electron chi connectivity index (χ3n) is 7.36. The number of aliphatic hydroxyl groups is 3. The maximum absolute atomic E-state index is 13.0. The molecular formula is C22H27N8O13P2+. The third kappa shape index (κ3) is 6.01. The van der Waals surface area contributed by atoms with E-state index in [1.807, 2.05) is 0 Å². The first-order valence-electron chi connectivity index (χ1n) is 13.2.